The van der Waals surface area contributed by atoms with E-state index in [2.05, 4.69) is 61.6 Å². The Morgan fingerprint density at radius 3 is 2.88 bits per heavy atom. The van der Waals surface area contributed by atoms with Gasteiger partial charge in [-0.2, -0.15) is 0 Å². The van der Waals surface area contributed by atoms with Gasteiger partial charge in [-0.1, -0.05) is 6.07 Å². The van der Waals surface area contributed by atoms with E-state index in [1.54, 1.807) is 11.3 Å². The number of hydrogen-bond acceptors (Lipinski definition) is 3. The highest BCUT2D eigenvalue weighted by Crippen LogP contribution is 2.27. The summed E-state index contributed by atoms with van der Waals surface area (Å²) in [6, 6.07) is 6.52. The fourth-order valence-electron chi connectivity index (χ4n) is 1.37. The van der Waals surface area contributed by atoms with Crippen LogP contribution in [-0.2, 0) is 6.54 Å². The van der Waals surface area contributed by atoms with Gasteiger partial charge in [-0.25, -0.2) is 0 Å². The van der Waals surface area contributed by atoms with Crippen LogP contribution in [0.1, 0.15) is 23.6 Å². The summed E-state index contributed by atoms with van der Waals surface area (Å²) in [5, 5.41) is 5.51. The summed E-state index contributed by atoms with van der Waals surface area (Å²) in [6.45, 7) is 2.88. The van der Waals surface area contributed by atoms with Crippen molar-refractivity contribution in [2.75, 3.05) is 0 Å². The van der Waals surface area contributed by atoms with E-state index in [0.717, 1.165) is 21.4 Å². The average Bonchev–Trinajstić information content (AvgIpc) is 2.86. The summed E-state index contributed by atoms with van der Waals surface area (Å²) >= 11 is 8.48. The Hall–Kier alpha value is -0.100. The molecule has 5 heteroatoms. The summed E-state index contributed by atoms with van der Waals surface area (Å²) < 4.78 is 7.19. The van der Waals surface area contributed by atoms with Crippen molar-refractivity contribution in [3.63, 3.8) is 0 Å². The Morgan fingerprint density at radius 1 is 1.50 bits per heavy atom. The molecule has 0 saturated carbocycles. The SMILES string of the molecule is C[C@@H](NCc1cc(Br)c(Br)o1)c1cccs1. The van der Waals surface area contributed by atoms with Crippen molar-refractivity contribution in [3.8, 4) is 0 Å². The molecule has 0 radical (unpaired) electrons. The highest BCUT2D eigenvalue weighted by atomic mass is 79.9. The van der Waals surface area contributed by atoms with Crippen LogP contribution in [0.3, 0.4) is 0 Å². The van der Waals surface area contributed by atoms with E-state index in [-0.39, 0.29) is 0 Å². The van der Waals surface area contributed by atoms with Gasteiger partial charge < -0.3 is 9.73 Å². The first-order valence-electron chi connectivity index (χ1n) is 4.87. The molecule has 1 N–H and O–H groups in total. The van der Waals surface area contributed by atoms with Crippen LogP contribution < -0.4 is 5.32 Å². The summed E-state index contributed by atoms with van der Waals surface area (Å²) in [5.41, 5.74) is 0. The number of rotatable bonds is 4. The molecule has 2 heterocycles. The fourth-order valence-corrected chi connectivity index (χ4v) is 2.79. The van der Waals surface area contributed by atoms with Gasteiger partial charge in [0, 0.05) is 10.9 Å². The molecule has 2 aromatic rings. The van der Waals surface area contributed by atoms with Crippen molar-refractivity contribution in [3.05, 3.63) is 43.4 Å². The van der Waals surface area contributed by atoms with Gasteiger partial charge in [0.2, 0.25) is 0 Å². The molecular weight excluding hydrogens is 354 g/mol. The zero-order valence-corrected chi connectivity index (χ0v) is 12.7. The minimum absolute atomic E-state index is 0.350. The maximum absolute atomic E-state index is 5.49. The van der Waals surface area contributed by atoms with E-state index >= 15 is 0 Å². The van der Waals surface area contributed by atoms with Gasteiger partial charge in [-0.15, -0.1) is 11.3 Å². The Kier molecular flexibility index (Phi) is 4.24. The van der Waals surface area contributed by atoms with Crippen molar-refractivity contribution in [2.24, 2.45) is 0 Å². The second kappa shape index (κ2) is 5.49. The number of nitrogens with one attached hydrogen (secondary N) is 1. The van der Waals surface area contributed by atoms with Crippen LogP contribution >= 0.6 is 43.2 Å². The predicted octanol–water partition coefficient (Wildman–Crippen LogP) is 4.72. The molecule has 0 spiro atoms. The third-order valence-electron chi connectivity index (χ3n) is 2.25. The number of thiophene rings is 1. The monoisotopic (exact) mass is 363 g/mol. The summed E-state index contributed by atoms with van der Waals surface area (Å²) in [5.74, 6) is 0.919. The molecule has 2 rings (SSSR count). The molecule has 2 nitrogen and oxygen atoms in total. The van der Waals surface area contributed by atoms with E-state index in [0.29, 0.717) is 6.04 Å². The Balaban J connectivity index is 1.92. The largest absolute Gasteiger partial charge is 0.452 e. The molecule has 0 fully saturated rings. The zero-order valence-electron chi connectivity index (χ0n) is 8.67. The maximum atomic E-state index is 5.49. The molecule has 86 valence electrons. The number of hydrogen-bond donors (Lipinski definition) is 1. The van der Waals surface area contributed by atoms with Crippen LogP contribution in [0.2, 0.25) is 0 Å². The van der Waals surface area contributed by atoms with Crippen LogP contribution in [0, 0.1) is 0 Å². The lowest BCUT2D eigenvalue weighted by molar-refractivity contribution is 0.448. The average molecular weight is 365 g/mol. The number of halogens is 2. The van der Waals surface area contributed by atoms with Crippen LogP contribution in [0.5, 0.6) is 0 Å². The first-order chi connectivity index (χ1) is 7.66. The second-order valence-electron chi connectivity index (χ2n) is 3.45. The molecule has 0 saturated heterocycles. The first-order valence-corrected chi connectivity index (χ1v) is 7.34. The molecule has 2 aromatic heterocycles. The van der Waals surface area contributed by atoms with Crippen molar-refractivity contribution in [1.82, 2.24) is 5.32 Å². The normalized spacial score (nSPS) is 12.9. The lowest BCUT2D eigenvalue weighted by Crippen LogP contribution is -2.16. The number of furan rings is 1. The summed E-state index contributed by atoms with van der Waals surface area (Å²) in [7, 11) is 0. The first kappa shape index (κ1) is 12.4. The van der Waals surface area contributed by atoms with Gasteiger partial charge in [0.05, 0.1) is 11.0 Å². The van der Waals surface area contributed by atoms with Crippen LogP contribution in [0.25, 0.3) is 0 Å². The molecular formula is C11H11Br2NOS. The van der Waals surface area contributed by atoms with Gasteiger partial charge in [0.15, 0.2) is 4.67 Å². The van der Waals surface area contributed by atoms with E-state index in [1.165, 1.54) is 4.88 Å². The quantitative estimate of drug-likeness (QED) is 0.849. The molecule has 0 aliphatic rings. The lowest BCUT2D eigenvalue weighted by atomic mass is 10.2. The van der Waals surface area contributed by atoms with Gasteiger partial charge in [0.1, 0.15) is 5.76 Å². The minimum atomic E-state index is 0.350. The standard InChI is InChI=1S/C11H11Br2NOS/c1-7(10-3-2-4-16-10)14-6-8-5-9(12)11(13)15-8/h2-5,7,14H,6H2,1H3/t7-/m1/s1. The molecule has 0 aliphatic heterocycles. The molecule has 0 aliphatic carbocycles. The molecule has 0 unspecified atom stereocenters. The third kappa shape index (κ3) is 2.97. The van der Waals surface area contributed by atoms with E-state index in [1.807, 2.05) is 6.07 Å². The van der Waals surface area contributed by atoms with Crippen molar-refractivity contribution in [2.45, 2.75) is 19.5 Å². The van der Waals surface area contributed by atoms with E-state index in [9.17, 15) is 0 Å². The molecule has 0 bridgehead atoms. The third-order valence-corrected chi connectivity index (χ3v) is 5.01. The van der Waals surface area contributed by atoms with Crippen LogP contribution in [0.15, 0.2) is 37.1 Å². The summed E-state index contributed by atoms with van der Waals surface area (Å²) in [4.78, 5) is 1.34. The fraction of sp³-hybridized carbons (Fsp3) is 0.273. The molecule has 1 atom stereocenters. The molecule has 16 heavy (non-hydrogen) atoms. The Labute approximate surface area is 115 Å². The van der Waals surface area contributed by atoms with Crippen LogP contribution in [0.4, 0.5) is 0 Å². The summed E-state index contributed by atoms with van der Waals surface area (Å²) in [6.07, 6.45) is 0. The van der Waals surface area contributed by atoms with Crippen molar-refractivity contribution < 1.29 is 4.42 Å². The second-order valence-corrected chi connectivity index (χ2v) is 6.01. The van der Waals surface area contributed by atoms with Gasteiger partial charge >= 0.3 is 0 Å². The minimum Gasteiger partial charge on any atom is -0.452 e. The van der Waals surface area contributed by atoms with Crippen molar-refractivity contribution in [1.29, 1.82) is 0 Å². The maximum Gasteiger partial charge on any atom is 0.183 e. The topological polar surface area (TPSA) is 25.2 Å². The van der Waals surface area contributed by atoms with E-state index < -0.39 is 0 Å². The highest BCUT2D eigenvalue weighted by molar-refractivity contribution is 9.13. The lowest BCUT2D eigenvalue weighted by Gasteiger charge is -2.10. The molecule has 0 aromatic carbocycles. The van der Waals surface area contributed by atoms with Gasteiger partial charge in [-0.05, 0) is 56.3 Å². The van der Waals surface area contributed by atoms with Crippen molar-refractivity contribution >= 4 is 43.2 Å². The van der Waals surface area contributed by atoms with Gasteiger partial charge in [-0.3, -0.25) is 0 Å². The highest BCUT2D eigenvalue weighted by Gasteiger charge is 2.09. The smallest absolute Gasteiger partial charge is 0.183 e. The predicted molar refractivity (Wildman–Crippen MR) is 73.7 cm³/mol. The van der Waals surface area contributed by atoms with Crippen LogP contribution in [-0.4, -0.2) is 0 Å². The zero-order chi connectivity index (χ0) is 11.5. The Bertz CT molecular complexity index is 433. The Morgan fingerprint density at radius 2 is 2.31 bits per heavy atom. The van der Waals surface area contributed by atoms with Gasteiger partial charge in [0.25, 0.3) is 0 Å². The molecule has 0 amide bonds. The van der Waals surface area contributed by atoms with E-state index in [4.69, 9.17) is 4.42 Å².